The summed E-state index contributed by atoms with van der Waals surface area (Å²) in [4.78, 5) is 26.5. The van der Waals surface area contributed by atoms with Crippen LogP contribution in [0, 0.1) is 0 Å². The summed E-state index contributed by atoms with van der Waals surface area (Å²) in [6, 6.07) is 16.9. The highest BCUT2D eigenvalue weighted by atomic mass is 32.2. The number of hydrogen-bond donors (Lipinski definition) is 0. The van der Waals surface area contributed by atoms with Gasteiger partial charge in [-0.1, -0.05) is 30.3 Å². The van der Waals surface area contributed by atoms with Gasteiger partial charge in [-0.2, -0.15) is 0 Å². The number of esters is 1. The van der Waals surface area contributed by atoms with Crippen molar-refractivity contribution in [1.82, 2.24) is 0 Å². The number of benzene rings is 2. The summed E-state index contributed by atoms with van der Waals surface area (Å²) in [6.45, 7) is 3.59. The minimum atomic E-state index is -0.474. The van der Waals surface area contributed by atoms with Gasteiger partial charge in [0.2, 0.25) is 0 Å². The first kappa shape index (κ1) is 19.8. The van der Waals surface area contributed by atoms with Crippen molar-refractivity contribution in [2.75, 3.05) is 23.0 Å². The zero-order valence-corrected chi connectivity index (χ0v) is 17.1. The molecule has 0 bridgehead atoms. The van der Waals surface area contributed by atoms with Crippen LogP contribution in [0.3, 0.4) is 0 Å². The molecule has 27 heavy (non-hydrogen) atoms. The molecule has 0 atom stereocenters. The number of hydrogen-bond acceptors (Lipinski definition) is 5. The second kappa shape index (κ2) is 9.33. The normalized spacial score (nSPS) is 14.3. The van der Waals surface area contributed by atoms with Crippen molar-refractivity contribution in [3.05, 3.63) is 65.7 Å². The minimum absolute atomic E-state index is 0.0284. The lowest BCUT2D eigenvalue weighted by Gasteiger charge is -2.26. The van der Waals surface area contributed by atoms with Gasteiger partial charge in [0.25, 0.3) is 5.91 Å². The number of carbonyl (C=O) groups excluding carboxylic acids is 2. The largest absolute Gasteiger partial charge is 0.452 e. The summed E-state index contributed by atoms with van der Waals surface area (Å²) in [5.74, 6) is 1.61. The van der Waals surface area contributed by atoms with E-state index in [1.165, 1.54) is 5.56 Å². The second-order valence-corrected chi connectivity index (χ2v) is 9.19. The Labute approximate surface area is 168 Å². The summed E-state index contributed by atoms with van der Waals surface area (Å²) in [5.41, 5.74) is 2.48. The van der Waals surface area contributed by atoms with E-state index in [1.54, 1.807) is 17.0 Å². The molecule has 0 unspecified atom stereocenters. The maximum Gasteiger partial charge on any atom is 0.338 e. The summed E-state index contributed by atoms with van der Waals surface area (Å²) < 4.78 is 5.71. The van der Waals surface area contributed by atoms with Crippen LogP contribution in [0.15, 0.2) is 54.6 Å². The Hall–Kier alpha value is -1.92. The molecule has 1 fully saturated rings. The number of amides is 1. The van der Waals surface area contributed by atoms with Crippen molar-refractivity contribution >= 4 is 41.1 Å². The van der Waals surface area contributed by atoms with Crippen LogP contribution in [0.2, 0.25) is 0 Å². The molecule has 1 aliphatic heterocycles. The average molecular weight is 402 g/mol. The highest BCUT2D eigenvalue weighted by Gasteiger charge is 2.21. The van der Waals surface area contributed by atoms with Gasteiger partial charge in [0.15, 0.2) is 6.61 Å². The predicted octanol–water partition coefficient (Wildman–Crippen LogP) is 4.76. The van der Waals surface area contributed by atoms with Crippen LogP contribution in [0.4, 0.5) is 5.69 Å². The third kappa shape index (κ3) is 5.08. The van der Waals surface area contributed by atoms with Gasteiger partial charge in [0.05, 0.1) is 10.1 Å². The molecule has 1 aliphatic rings. The molecule has 1 amide bonds. The van der Waals surface area contributed by atoms with Crippen molar-refractivity contribution in [2.24, 2.45) is 0 Å². The van der Waals surface area contributed by atoms with Crippen LogP contribution in [0.5, 0.6) is 0 Å². The highest BCUT2D eigenvalue weighted by Crippen LogP contribution is 2.45. The van der Waals surface area contributed by atoms with E-state index in [1.807, 2.05) is 79.8 Å². The zero-order chi connectivity index (χ0) is 19.2. The summed E-state index contributed by atoms with van der Waals surface area (Å²) in [6.07, 6.45) is 0. The highest BCUT2D eigenvalue weighted by molar-refractivity contribution is 8.19. The third-order valence-electron chi connectivity index (χ3n) is 4.19. The van der Waals surface area contributed by atoms with Crippen LogP contribution in [-0.2, 0) is 9.53 Å². The lowest BCUT2D eigenvalue weighted by Crippen LogP contribution is -2.39. The molecule has 0 radical (unpaired) electrons. The van der Waals surface area contributed by atoms with E-state index in [2.05, 4.69) is 0 Å². The van der Waals surface area contributed by atoms with Crippen LogP contribution < -0.4 is 4.90 Å². The van der Waals surface area contributed by atoms with Gasteiger partial charge in [-0.25, -0.2) is 4.79 Å². The molecule has 0 aliphatic carbocycles. The van der Waals surface area contributed by atoms with Crippen molar-refractivity contribution in [2.45, 2.75) is 24.5 Å². The molecule has 3 rings (SSSR count). The molecule has 4 nitrogen and oxygen atoms in total. The zero-order valence-electron chi connectivity index (χ0n) is 15.5. The van der Waals surface area contributed by atoms with Crippen LogP contribution >= 0.6 is 23.5 Å². The van der Waals surface area contributed by atoms with Crippen LogP contribution in [0.25, 0.3) is 0 Å². The Morgan fingerprint density at radius 2 is 1.67 bits per heavy atom. The van der Waals surface area contributed by atoms with Gasteiger partial charge >= 0.3 is 5.97 Å². The van der Waals surface area contributed by atoms with Gasteiger partial charge in [0, 0.05) is 23.2 Å². The number of nitrogens with zero attached hydrogens (tertiary/aromatic N) is 1. The number of ether oxygens (including phenoxy) is 1. The van der Waals surface area contributed by atoms with Crippen molar-refractivity contribution in [3.8, 4) is 0 Å². The summed E-state index contributed by atoms with van der Waals surface area (Å²) in [5, 5.41) is 0. The first-order valence-electron chi connectivity index (χ1n) is 8.93. The van der Waals surface area contributed by atoms with Gasteiger partial charge in [-0.15, -0.1) is 23.5 Å². The Kier molecular flexibility index (Phi) is 6.85. The molecule has 0 saturated carbocycles. The van der Waals surface area contributed by atoms with Gasteiger partial charge < -0.3 is 9.64 Å². The van der Waals surface area contributed by atoms with E-state index in [0.717, 1.165) is 17.2 Å². The Bertz CT molecular complexity index is 772. The number of carbonyl (C=O) groups is 2. The predicted molar refractivity (Wildman–Crippen MR) is 113 cm³/mol. The smallest absolute Gasteiger partial charge is 0.338 e. The lowest BCUT2D eigenvalue weighted by atomic mass is 10.1. The Morgan fingerprint density at radius 1 is 1.04 bits per heavy atom. The van der Waals surface area contributed by atoms with E-state index in [9.17, 15) is 9.59 Å². The van der Waals surface area contributed by atoms with Crippen molar-refractivity contribution in [3.63, 3.8) is 0 Å². The van der Waals surface area contributed by atoms with Gasteiger partial charge in [-0.05, 0) is 43.7 Å². The molecule has 0 N–H and O–H groups in total. The fourth-order valence-electron chi connectivity index (χ4n) is 2.93. The molecule has 0 aromatic heterocycles. The van der Waals surface area contributed by atoms with E-state index >= 15 is 0 Å². The van der Waals surface area contributed by atoms with E-state index in [-0.39, 0.29) is 18.6 Å². The van der Waals surface area contributed by atoms with Gasteiger partial charge in [0.1, 0.15) is 0 Å². The van der Waals surface area contributed by atoms with Crippen molar-refractivity contribution < 1.29 is 14.3 Å². The molecule has 1 heterocycles. The summed E-state index contributed by atoms with van der Waals surface area (Å²) >= 11 is 3.85. The average Bonchev–Trinajstić information content (AvgIpc) is 3.22. The first-order valence-corrected chi connectivity index (χ1v) is 11.0. The fourth-order valence-corrected chi connectivity index (χ4v) is 5.79. The van der Waals surface area contributed by atoms with Crippen LogP contribution in [0.1, 0.15) is 34.4 Å². The van der Waals surface area contributed by atoms with E-state index in [4.69, 9.17) is 4.74 Å². The first-order chi connectivity index (χ1) is 13.1. The molecular formula is C21H23NO3S2. The number of para-hydroxylation sites is 1. The van der Waals surface area contributed by atoms with Gasteiger partial charge in [-0.3, -0.25) is 4.79 Å². The Balaban J connectivity index is 1.59. The molecule has 6 heteroatoms. The second-order valence-electron chi connectivity index (χ2n) is 6.46. The number of anilines is 1. The quantitative estimate of drug-likeness (QED) is 0.653. The SMILES string of the molecule is CC(C)N(C(=O)COC(=O)c1ccc(C2SCCS2)cc1)c1ccccc1. The maximum atomic E-state index is 12.6. The molecule has 142 valence electrons. The fraction of sp³-hybridized carbons (Fsp3) is 0.333. The van der Waals surface area contributed by atoms with E-state index in [0.29, 0.717) is 10.1 Å². The molecular weight excluding hydrogens is 378 g/mol. The molecule has 1 saturated heterocycles. The maximum absolute atomic E-state index is 12.6. The minimum Gasteiger partial charge on any atom is -0.452 e. The monoisotopic (exact) mass is 401 g/mol. The molecule has 2 aromatic rings. The lowest BCUT2D eigenvalue weighted by molar-refractivity contribution is -0.122. The van der Waals surface area contributed by atoms with Crippen LogP contribution in [-0.4, -0.2) is 36.0 Å². The number of rotatable bonds is 6. The standard InChI is InChI=1S/C21H23NO3S2/c1-15(2)22(18-6-4-3-5-7-18)19(23)14-25-20(24)16-8-10-17(11-9-16)21-26-12-13-27-21/h3-11,15,21H,12-14H2,1-2H3. The molecule has 2 aromatic carbocycles. The Morgan fingerprint density at radius 3 is 2.26 bits per heavy atom. The number of thioether (sulfide) groups is 2. The summed E-state index contributed by atoms with van der Waals surface area (Å²) in [7, 11) is 0. The topological polar surface area (TPSA) is 46.6 Å². The van der Waals surface area contributed by atoms with Crippen molar-refractivity contribution in [1.29, 1.82) is 0 Å². The van der Waals surface area contributed by atoms with E-state index < -0.39 is 5.97 Å². The molecule has 0 spiro atoms. The third-order valence-corrected chi connectivity index (χ3v) is 7.29.